The number of amides is 2. The van der Waals surface area contributed by atoms with Gasteiger partial charge in [0.05, 0.1) is 19.1 Å². The first-order chi connectivity index (χ1) is 9.63. The molecule has 1 heterocycles. The van der Waals surface area contributed by atoms with Gasteiger partial charge in [-0.2, -0.15) is 0 Å². The maximum atomic E-state index is 12.3. The summed E-state index contributed by atoms with van der Waals surface area (Å²) in [6.45, 7) is 4.76. The summed E-state index contributed by atoms with van der Waals surface area (Å²) in [5, 5.41) is 11.9. The van der Waals surface area contributed by atoms with Crippen molar-refractivity contribution >= 4 is 11.8 Å². The van der Waals surface area contributed by atoms with E-state index in [9.17, 15) is 14.7 Å². The van der Waals surface area contributed by atoms with Gasteiger partial charge in [-0.15, -0.1) is 0 Å². The largest absolute Gasteiger partial charge is 0.394 e. The van der Waals surface area contributed by atoms with Crippen LogP contribution in [0, 0.1) is 0 Å². The maximum Gasteiger partial charge on any atom is 0.270 e. The molecule has 0 aromatic carbocycles. The van der Waals surface area contributed by atoms with E-state index in [0.29, 0.717) is 13.1 Å². The highest BCUT2D eigenvalue weighted by atomic mass is 16.3. The highest BCUT2D eigenvalue weighted by Gasteiger charge is 2.25. The van der Waals surface area contributed by atoms with Gasteiger partial charge >= 0.3 is 0 Å². The zero-order valence-corrected chi connectivity index (χ0v) is 11.9. The summed E-state index contributed by atoms with van der Waals surface area (Å²) < 4.78 is 0. The number of carbonyl (C=O) groups is 2. The molecule has 7 heteroatoms. The van der Waals surface area contributed by atoms with Crippen molar-refractivity contribution in [3.63, 3.8) is 0 Å². The van der Waals surface area contributed by atoms with Crippen molar-refractivity contribution in [3.8, 4) is 0 Å². The summed E-state index contributed by atoms with van der Waals surface area (Å²) in [6.07, 6.45) is 4.41. The Balaban J connectivity index is 2.68. The second-order valence-corrected chi connectivity index (χ2v) is 4.50. The quantitative estimate of drug-likeness (QED) is 0.632. The van der Waals surface area contributed by atoms with Crippen LogP contribution in [0.1, 0.15) is 37.2 Å². The smallest absolute Gasteiger partial charge is 0.270 e. The average molecular weight is 282 g/mol. The number of nitrogens with one attached hydrogen (secondary N) is 2. The molecule has 0 aliphatic carbocycles. The first-order valence-corrected chi connectivity index (χ1v) is 6.82. The molecule has 0 bridgehead atoms. The molecule has 1 aromatic rings. The minimum absolute atomic E-state index is 0.258. The van der Waals surface area contributed by atoms with Crippen LogP contribution in [0.15, 0.2) is 12.5 Å². The molecule has 0 aliphatic rings. The van der Waals surface area contributed by atoms with Gasteiger partial charge in [0.15, 0.2) is 0 Å². The van der Waals surface area contributed by atoms with Gasteiger partial charge in [-0.1, -0.05) is 13.8 Å². The van der Waals surface area contributed by atoms with E-state index in [4.69, 9.17) is 0 Å². The lowest BCUT2D eigenvalue weighted by atomic mass is 10.2. The van der Waals surface area contributed by atoms with Gasteiger partial charge in [0.1, 0.15) is 11.7 Å². The number of rotatable bonds is 8. The van der Waals surface area contributed by atoms with Crippen molar-refractivity contribution < 1.29 is 14.7 Å². The Kier molecular flexibility index (Phi) is 6.72. The van der Waals surface area contributed by atoms with E-state index in [0.717, 1.165) is 12.8 Å². The summed E-state index contributed by atoms with van der Waals surface area (Å²) >= 11 is 0. The molecular weight excluding hydrogens is 260 g/mol. The predicted molar refractivity (Wildman–Crippen MR) is 74.1 cm³/mol. The van der Waals surface area contributed by atoms with Crippen molar-refractivity contribution in [2.45, 2.75) is 32.7 Å². The summed E-state index contributed by atoms with van der Waals surface area (Å²) in [5.74, 6) is -0.716. The molecule has 0 saturated heterocycles. The van der Waals surface area contributed by atoms with E-state index in [1.165, 1.54) is 12.5 Å². The number of aromatic nitrogens is 2. The zero-order chi connectivity index (χ0) is 15.0. The molecule has 7 nitrogen and oxygen atoms in total. The number of hydrogen-bond acceptors (Lipinski definition) is 4. The Morgan fingerprint density at radius 1 is 1.40 bits per heavy atom. The molecule has 1 aromatic heterocycles. The molecular formula is C13H22N4O3. The fraction of sp³-hybridized carbons (Fsp3) is 0.615. The summed E-state index contributed by atoms with van der Waals surface area (Å²) in [6, 6.07) is -0.927. The third-order valence-corrected chi connectivity index (χ3v) is 2.83. The lowest BCUT2D eigenvalue weighted by Gasteiger charge is -2.26. The van der Waals surface area contributed by atoms with Gasteiger partial charge in [0.2, 0.25) is 5.91 Å². The van der Waals surface area contributed by atoms with Gasteiger partial charge in [-0.3, -0.25) is 9.59 Å². The molecule has 0 fully saturated rings. The Morgan fingerprint density at radius 3 is 2.50 bits per heavy atom. The number of aromatic amines is 1. The normalized spacial score (nSPS) is 11.9. The molecule has 20 heavy (non-hydrogen) atoms. The summed E-state index contributed by atoms with van der Waals surface area (Å²) in [5.41, 5.74) is 0.258. The Bertz CT molecular complexity index is 413. The Hall–Kier alpha value is -1.89. The summed E-state index contributed by atoms with van der Waals surface area (Å²) in [7, 11) is 0. The van der Waals surface area contributed by atoms with E-state index in [1.54, 1.807) is 4.90 Å². The first kappa shape index (κ1) is 16.2. The first-order valence-electron chi connectivity index (χ1n) is 6.82. The molecule has 2 amide bonds. The van der Waals surface area contributed by atoms with Crippen LogP contribution in [0.2, 0.25) is 0 Å². The predicted octanol–water partition coefficient (Wildman–Crippen LogP) is 0.149. The van der Waals surface area contributed by atoms with Crippen LogP contribution in [0.4, 0.5) is 0 Å². The van der Waals surface area contributed by atoms with Crippen LogP contribution >= 0.6 is 0 Å². The van der Waals surface area contributed by atoms with Crippen LogP contribution in [0.25, 0.3) is 0 Å². The average Bonchev–Trinajstić information content (AvgIpc) is 2.97. The van der Waals surface area contributed by atoms with Crippen molar-refractivity contribution in [1.82, 2.24) is 20.2 Å². The third-order valence-electron chi connectivity index (χ3n) is 2.83. The van der Waals surface area contributed by atoms with E-state index in [2.05, 4.69) is 15.3 Å². The maximum absolute atomic E-state index is 12.3. The second-order valence-electron chi connectivity index (χ2n) is 4.50. The molecule has 0 saturated carbocycles. The molecule has 0 aliphatic heterocycles. The molecule has 112 valence electrons. The fourth-order valence-corrected chi connectivity index (χ4v) is 1.89. The lowest BCUT2D eigenvalue weighted by molar-refractivity contribution is -0.134. The van der Waals surface area contributed by atoms with Crippen LogP contribution < -0.4 is 5.32 Å². The highest BCUT2D eigenvalue weighted by molar-refractivity contribution is 5.96. The summed E-state index contributed by atoms with van der Waals surface area (Å²) in [4.78, 5) is 32.2. The van der Waals surface area contributed by atoms with Crippen molar-refractivity contribution in [3.05, 3.63) is 18.2 Å². The van der Waals surface area contributed by atoms with Crippen molar-refractivity contribution in [2.24, 2.45) is 0 Å². The SMILES string of the molecule is CCCN(CCC)C(=O)[C@H](CO)NC(=O)c1cnc[nH]1. The number of carbonyl (C=O) groups excluding carboxylic acids is 2. The highest BCUT2D eigenvalue weighted by Crippen LogP contribution is 2.01. The van der Waals surface area contributed by atoms with Gasteiger partial charge in [0.25, 0.3) is 5.91 Å². The van der Waals surface area contributed by atoms with E-state index in [-0.39, 0.29) is 11.6 Å². The topological polar surface area (TPSA) is 98.3 Å². The third kappa shape index (κ3) is 4.34. The van der Waals surface area contributed by atoms with Gasteiger partial charge in [0, 0.05) is 13.1 Å². The molecule has 3 N–H and O–H groups in total. The van der Waals surface area contributed by atoms with Crippen molar-refractivity contribution in [2.75, 3.05) is 19.7 Å². The van der Waals surface area contributed by atoms with Crippen LogP contribution in [-0.2, 0) is 4.79 Å². The zero-order valence-electron chi connectivity index (χ0n) is 11.9. The fourth-order valence-electron chi connectivity index (χ4n) is 1.89. The molecule has 0 radical (unpaired) electrons. The van der Waals surface area contributed by atoms with Crippen LogP contribution in [0.5, 0.6) is 0 Å². The van der Waals surface area contributed by atoms with Crippen molar-refractivity contribution in [1.29, 1.82) is 0 Å². The van der Waals surface area contributed by atoms with Gasteiger partial charge < -0.3 is 20.3 Å². The monoisotopic (exact) mass is 282 g/mol. The standard InChI is InChI=1S/C13H22N4O3/c1-3-5-17(6-4-2)13(20)11(8-18)16-12(19)10-7-14-9-15-10/h7,9,11,18H,3-6,8H2,1-2H3,(H,14,15)(H,16,19)/t11-/m0/s1. The van der Waals surface area contributed by atoms with E-state index >= 15 is 0 Å². The van der Waals surface area contributed by atoms with E-state index in [1.807, 2.05) is 13.8 Å². The van der Waals surface area contributed by atoms with Crippen LogP contribution in [0.3, 0.4) is 0 Å². The number of H-pyrrole nitrogens is 1. The minimum atomic E-state index is -0.927. The van der Waals surface area contributed by atoms with E-state index < -0.39 is 18.6 Å². The van der Waals surface area contributed by atoms with Gasteiger partial charge in [-0.25, -0.2) is 4.98 Å². The Labute approximate surface area is 118 Å². The number of imidazole rings is 1. The Morgan fingerprint density at radius 2 is 2.05 bits per heavy atom. The lowest BCUT2D eigenvalue weighted by Crippen LogP contribution is -2.51. The second kappa shape index (κ2) is 8.31. The number of aliphatic hydroxyl groups is 1. The molecule has 1 atom stereocenters. The number of hydrogen-bond donors (Lipinski definition) is 3. The molecule has 0 unspecified atom stereocenters. The minimum Gasteiger partial charge on any atom is -0.394 e. The number of aliphatic hydroxyl groups excluding tert-OH is 1. The number of nitrogens with zero attached hydrogens (tertiary/aromatic N) is 2. The van der Waals surface area contributed by atoms with Gasteiger partial charge in [-0.05, 0) is 12.8 Å². The molecule has 1 rings (SSSR count). The van der Waals surface area contributed by atoms with Crippen LogP contribution in [-0.4, -0.2) is 57.5 Å². The molecule has 0 spiro atoms.